The maximum absolute atomic E-state index is 12.3. The highest BCUT2D eigenvalue weighted by Crippen LogP contribution is 2.31. The molecule has 1 aromatic heterocycles. The van der Waals surface area contributed by atoms with Crippen LogP contribution in [0, 0.1) is 5.92 Å². The van der Waals surface area contributed by atoms with Crippen molar-refractivity contribution in [2.45, 2.75) is 17.4 Å². The van der Waals surface area contributed by atoms with Crippen molar-refractivity contribution in [2.24, 2.45) is 5.92 Å². The summed E-state index contributed by atoms with van der Waals surface area (Å²) in [5.41, 5.74) is 1.77. The highest BCUT2D eigenvalue weighted by atomic mass is 32.2. The van der Waals surface area contributed by atoms with Gasteiger partial charge in [-0.2, -0.15) is 0 Å². The van der Waals surface area contributed by atoms with Crippen LogP contribution in [0.3, 0.4) is 0 Å². The highest BCUT2D eigenvalue weighted by molar-refractivity contribution is 8.01. The Morgan fingerprint density at radius 1 is 1.12 bits per heavy atom. The first-order chi connectivity index (χ1) is 12.6. The van der Waals surface area contributed by atoms with Gasteiger partial charge in [-0.1, -0.05) is 54.2 Å². The molecule has 3 rings (SSSR count). The minimum Gasteiger partial charge on any atom is -0.481 e. The van der Waals surface area contributed by atoms with Gasteiger partial charge in [-0.05, 0) is 17.7 Å². The summed E-state index contributed by atoms with van der Waals surface area (Å²) in [7, 11) is 0. The van der Waals surface area contributed by atoms with Gasteiger partial charge in [-0.25, -0.2) is 4.98 Å². The zero-order valence-electron chi connectivity index (χ0n) is 13.8. The molecule has 0 saturated carbocycles. The van der Waals surface area contributed by atoms with Crippen molar-refractivity contribution in [3.63, 3.8) is 0 Å². The third-order valence-corrected chi connectivity index (χ3v) is 6.00. The van der Waals surface area contributed by atoms with Gasteiger partial charge < -0.3 is 9.84 Å². The van der Waals surface area contributed by atoms with Gasteiger partial charge in [-0.15, -0.1) is 11.3 Å². The van der Waals surface area contributed by atoms with Crippen LogP contribution in [0.2, 0.25) is 0 Å². The molecule has 1 unspecified atom stereocenters. The molecule has 0 bridgehead atoms. The zero-order valence-corrected chi connectivity index (χ0v) is 15.5. The second-order valence-electron chi connectivity index (χ2n) is 5.65. The minimum absolute atomic E-state index is 0.140. The van der Waals surface area contributed by atoms with E-state index in [9.17, 15) is 9.59 Å². The molecular formula is C19H17NO4S2. The Hall–Kier alpha value is -2.38. The van der Waals surface area contributed by atoms with Gasteiger partial charge in [0.1, 0.15) is 6.61 Å². The number of thioether (sulfide) groups is 1. The number of aromatic nitrogens is 1. The number of ether oxygens (including phenoxy) is 1. The topological polar surface area (TPSA) is 76.5 Å². The number of benzene rings is 2. The number of fused-ring (bicyclic) bond motifs is 1. The highest BCUT2D eigenvalue weighted by Gasteiger charge is 2.24. The monoisotopic (exact) mass is 387 g/mol. The molecule has 3 aromatic rings. The number of carbonyl (C=O) groups is 2. The number of carbonyl (C=O) groups excluding carboxylic acids is 1. The Morgan fingerprint density at radius 2 is 1.85 bits per heavy atom. The quantitative estimate of drug-likeness (QED) is 0.461. The van der Waals surface area contributed by atoms with E-state index in [0.717, 1.165) is 20.1 Å². The summed E-state index contributed by atoms with van der Waals surface area (Å²) < 4.78 is 7.19. The third-order valence-electron chi connectivity index (χ3n) is 3.66. The number of thiazole rings is 1. The molecule has 0 aliphatic carbocycles. The van der Waals surface area contributed by atoms with Crippen LogP contribution in [-0.4, -0.2) is 27.8 Å². The summed E-state index contributed by atoms with van der Waals surface area (Å²) in [5, 5.41) is 9.10. The van der Waals surface area contributed by atoms with Gasteiger partial charge in [0.05, 0.1) is 22.6 Å². The maximum Gasteiger partial charge on any atom is 0.310 e. The number of aliphatic carboxylic acids is 1. The van der Waals surface area contributed by atoms with Crippen LogP contribution in [0.5, 0.6) is 0 Å². The molecule has 26 heavy (non-hydrogen) atoms. The zero-order chi connectivity index (χ0) is 18.4. The first kappa shape index (κ1) is 18.4. The summed E-state index contributed by atoms with van der Waals surface area (Å²) in [6.07, 6.45) is -0.258. The van der Waals surface area contributed by atoms with Crippen LogP contribution in [0.15, 0.2) is 58.9 Å². The summed E-state index contributed by atoms with van der Waals surface area (Å²) in [5.74, 6) is -1.91. The lowest BCUT2D eigenvalue weighted by atomic mass is 10.1. The van der Waals surface area contributed by atoms with E-state index in [-0.39, 0.29) is 13.0 Å². The maximum atomic E-state index is 12.3. The fourth-order valence-corrected chi connectivity index (χ4v) is 4.52. The number of para-hydroxylation sites is 1. The van der Waals surface area contributed by atoms with Gasteiger partial charge in [-0.3, -0.25) is 9.59 Å². The van der Waals surface area contributed by atoms with E-state index in [1.807, 2.05) is 54.6 Å². The van der Waals surface area contributed by atoms with Crippen LogP contribution in [0.1, 0.15) is 12.0 Å². The van der Waals surface area contributed by atoms with Crippen molar-refractivity contribution in [2.75, 3.05) is 5.75 Å². The average Bonchev–Trinajstić information content (AvgIpc) is 3.06. The summed E-state index contributed by atoms with van der Waals surface area (Å²) in [4.78, 5) is 27.9. The van der Waals surface area contributed by atoms with Gasteiger partial charge in [0.2, 0.25) is 0 Å². The molecule has 2 aromatic carbocycles. The molecule has 0 aliphatic heterocycles. The molecule has 5 nitrogen and oxygen atoms in total. The largest absolute Gasteiger partial charge is 0.481 e. The SMILES string of the molecule is O=C(O)CC(CSc1nc2ccccc2s1)C(=O)OCc1ccccc1. The number of carboxylic acids is 1. The normalized spacial score (nSPS) is 12.0. The van der Waals surface area contributed by atoms with Crippen LogP contribution in [0.25, 0.3) is 10.2 Å². The Labute approximate surface area is 159 Å². The predicted molar refractivity (Wildman–Crippen MR) is 102 cm³/mol. The molecule has 7 heteroatoms. The van der Waals surface area contributed by atoms with Gasteiger partial charge in [0, 0.05) is 5.75 Å². The van der Waals surface area contributed by atoms with Crippen LogP contribution >= 0.6 is 23.1 Å². The molecule has 0 fully saturated rings. The van der Waals surface area contributed by atoms with Crippen molar-refractivity contribution in [3.8, 4) is 0 Å². The Kier molecular flexibility index (Phi) is 6.25. The third kappa shape index (κ3) is 5.06. The van der Waals surface area contributed by atoms with E-state index in [1.165, 1.54) is 23.1 Å². The Morgan fingerprint density at radius 3 is 2.58 bits per heavy atom. The summed E-state index contributed by atoms with van der Waals surface area (Å²) >= 11 is 2.92. The van der Waals surface area contributed by atoms with E-state index in [1.54, 1.807) is 0 Å². The number of hydrogen-bond acceptors (Lipinski definition) is 6. The number of carboxylic acid groups (broad SMARTS) is 1. The lowest BCUT2D eigenvalue weighted by Gasteiger charge is -2.13. The van der Waals surface area contributed by atoms with Crippen molar-refractivity contribution >= 4 is 45.3 Å². The van der Waals surface area contributed by atoms with E-state index >= 15 is 0 Å². The standard InChI is InChI=1S/C19H17NO4S2/c21-17(22)10-14(18(23)24-11-13-6-2-1-3-7-13)12-25-19-20-15-8-4-5-9-16(15)26-19/h1-9,14H,10-12H2,(H,21,22). The summed E-state index contributed by atoms with van der Waals surface area (Å²) in [6, 6.07) is 17.1. The fraction of sp³-hybridized carbons (Fsp3) is 0.211. The number of esters is 1. The molecule has 1 N–H and O–H groups in total. The van der Waals surface area contributed by atoms with Crippen molar-refractivity contribution in [1.82, 2.24) is 4.98 Å². The van der Waals surface area contributed by atoms with E-state index < -0.39 is 17.9 Å². The Bertz CT molecular complexity index is 862. The van der Waals surface area contributed by atoms with Crippen molar-refractivity contribution in [3.05, 3.63) is 60.2 Å². The predicted octanol–water partition coefficient (Wildman–Crippen LogP) is 4.22. The molecule has 0 spiro atoms. The fourth-order valence-electron chi connectivity index (χ4n) is 2.35. The lowest BCUT2D eigenvalue weighted by molar-refractivity contribution is -0.153. The van der Waals surface area contributed by atoms with Crippen LogP contribution in [-0.2, 0) is 20.9 Å². The molecular weight excluding hydrogens is 370 g/mol. The second-order valence-corrected chi connectivity index (χ2v) is 7.94. The molecule has 0 saturated heterocycles. The van der Waals surface area contributed by atoms with Crippen LogP contribution < -0.4 is 0 Å². The minimum atomic E-state index is -1.02. The molecule has 0 radical (unpaired) electrons. The molecule has 1 atom stereocenters. The first-order valence-electron chi connectivity index (χ1n) is 8.02. The van der Waals surface area contributed by atoms with Crippen molar-refractivity contribution < 1.29 is 19.4 Å². The van der Waals surface area contributed by atoms with Gasteiger partial charge >= 0.3 is 11.9 Å². The molecule has 1 heterocycles. The lowest BCUT2D eigenvalue weighted by Crippen LogP contribution is -2.23. The molecule has 134 valence electrons. The number of rotatable bonds is 8. The van der Waals surface area contributed by atoms with Gasteiger partial charge in [0.25, 0.3) is 0 Å². The molecule has 0 aliphatic rings. The van der Waals surface area contributed by atoms with Gasteiger partial charge in [0.15, 0.2) is 4.34 Å². The number of nitrogens with zero attached hydrogens (tertiary/aromatic N) is 1. The first-order valence-corrected chi connectivity index (χ1v) is 9.83. The smallest absolute Gasteiger partial charge is 0.310 e. The average molecular weight is 387 g/mol. The van der Waals surface area contributed by atoms with E-state index in [4.69, 9.17) is 9.84 Å². The Balaban J connectivity index is 1.61. The van der Waals surface area contributed by atoms with Crippen molar-refractivity contribution in [1.29, 1.82) is 0 Å². The number of hydrogen-bond donors (Lipinski definition) is 1. The second kappa shape index (κ2) is 8.82. The van der Waals surface area contributed by atoms with E-state index in [0.29, 0.717) is 5.75 Å². The van der Waals surface area contributed by atoms with Crippen LogP contribution in [0.4, 0.5) is 0 Å². The molecule has 0 amide bonds. The summed E-state index contributed by atoms with van der Waals surface area (Å²) in [6.45, 7) is 0.140. The van der Waals surface area contributed by atoms with E-state index in [2.05, 4.69) is 4.98 Å².